The van der Waals surface area contributed by atoms with Gasteiger partial charge in [-0.2, -0.15) is 0 Å². The predicted molar refractivity (Wildman–Crippen MR) is 107 cm³/mol. The first kappa shape index (κ1) is 21.5. The van der Waals surface area contributed by atoms with Gasteiger partial charge in [-0.05, 0) is 44.3 Å². The van der Waals surface area contributed by atoms with Gasteiger partial charge in [-0.25, -0.2) is 0 Å². The zero-order chi connectivity index (χ0) is 20.7. The molecule has 0 saturated heterocycles. The van der Waals surface area contributed by atoms with Crippen molar-refractivity contribution >= 4 is 28.9 Å². The summed E-state index contributed by atoms with van der Waals surface area (Å²) >= 11 is 5.83. The van der Waals surface area contributed by atoms with Gasteiger partial charge in [-0.1, -0.05) is 11.6 Å². The molecule has 150 valence electrons. The molecule has 2 aromatic rings. The maximum absolute atomic E-state index is 12.5. The molecular weight excluding hydrogens is 386 g/mol. The second-order valence-corrected chi connectivity index (χ2v) is 6.53. The van der Waals surface area contributed by atoms with Crippen molar-refractivity contribution in [1.82, 2.24) is 4.90 Å². The van der Waals surface area contributed by atoms with Crippen LogP contribution in [-0.4, -0.2) is 49.1 Å². The number of hydrogen-bond acceptors (Lipinski definition) is 6. The molecule has 28 heavy (non-hydrogen) atoms. The largest absolute Gasteiger partial charge is 0.495 e. The van der Waals surface area contributed by atoms with Crippen LogP contribution in [0.3, 0.4) is 0 Å². The van der Waals surface area contributed by atoms with Crippen LogP contribution in [0.1, 0.15) is 6.92 Å². The lowest BCUT2D eigenvalue weighted by Gasteiger charge is -2.24. The van der Waals surface area contributed by atoms with Crippen LogP contribution in [0.2, 0.25) is 5.02 Å². The number of likely N-dealkylation sites (N-methyl/N-ethyl adjacent to an activating group) is 1. The number of nitrogens with one attached hydrogen (secondary N) is 1. The summed E-state index contributed by atoms with van der Waals surface area (Å²) in [6.07, 6.45) is 0. The minimum Gasteiger partial charge on any atom is -0.495 e. The van der Waals surface area contributed by atoms with E-state index in [4.69, 9.17) is 21.1 Å². The molecule has 0 aromatic heterocycles. The molecule has 1 N–H and O–H groups in total. The highest BCUT2D eigenvalue weighted by molar-refractivity contribution is 6.30. The number of ether oxygens (including phenoxy) is 2. The lowest BCUT2D eigenvalue weighted by molar-refractivity contribution is -0.384. The van der Waals surface area contributed by atoms with Crippen LogP contribution in [0.15, 0.2) is 42.5 Å². The fourth-order valence-corrected chi connectivity index (χ4v) is 2.50. The quantitative estimate of drug-likeness (QED) is 0.504. The summed E-state index contributed by atoms with van der Waals surface area (Å²) in [5, 5.41) is 14.3. The molecule has 0 bridgehead atoms. The normalized spacial score (nSPS) is 11.8. The first-order chi connectivity index (χ1) is 13.3. The van der Waals surface area contributed by atoms with Crippen molar-refractivity contribution < 1.29 is 19.2 Å². The molecule has 8 nitrogen and oxygen atoms in total. The molecule has 0 saturated carbocycles. The molecule has 0 unspecified atom stereocenters. The van der Waals surface area contributed by atoms with Crippen molar-refractivity contribution in [2.24, 2.45) is 0 Å². The molecule has 9 heteroatoms. The SMILES string of the molecule is COc1ccc([N+](=O)[O-])cc1NC(=O)[C@H](C)N(C)CCOc1ccc(Cl)cc1. The lowest BCUT2D eigenvalue weighted by Crippen LogP contribution is -2.41. The Bertz CT molecular complexity index is 829. The number of carbonyl (C=O) groups excluding carboxylic acids is 1. The Morgan fingerprint density at radius 1 is 1.29 bits per heavy atom. The molecular formula is C19H22ClN3O5. The third-order valence-electron chi connectivity index (χ3n) is 4.22. The number of anilines is 1. The molecule has 2 rings (SSSR count). The summed E-state index contributed by atoms with van der Waals surface area (Å²) in [6, 6.07) is 10.6. The number of benzene rings is 2. The standard InChI is InChI=1S/C19H22ClN3O5/c1-13(22(2)10-11-28-16-7-4-14(20)5-8-16)19(24)21-17-12-15(23(25)26)6-9-18(17)27-3/h4-9,12-13H,10-11H2,1-3H3,(H,21,24)/t13-/m0/s1. The van der Waals surface area contributed by atoms with Gasteiger partial charge in [0, 0.05) is 23.7 Å². The van der Waals surface area contributed by atoms with Crippen molar-refractivity contribution in [3.63, 3.8) is 0 Å². The van der Waals surface area contributed by atoms with Crippen LogP contribution in [0.5, 0.6) is 11.5 Å². The third kappa shape index (κ3) is 5.83. The maximum atomic E-state index is 12.5. The molecule has 2 aromatic carbocycles. The zero-order valence-corrected chi connectivity index (χ0v) is 16.6. The third-order valence-corrected chi connectivity index (χ3v) is 4.47. The molecule has 0 aliphatic heterocycles. The number of non-ortho nitro benzene ring substituents is 1. The van der Waals surface area contributed by atoms with Crippen molar-refractivity contribution in [3.05, 3.63) is 57.6 Å². The van der Waals surface area contributed by atoms with Gasteiger partial charge in [0.2, 0.25) is 5.91 Å². The molecule has 0 spiro atoms. The van der Waals surface area contributed by atoms with Gasteiger partial charge in [-0.3, -0.25) is 19.8 Å². The lowest BCUT2D eigenvalue weighted by atomic mass is 10.2. The molecule has 0 fully saturated rings. The number of methoxy groups -OCH3 is 1. The average molecular weight is 408 g/mol. The fraction of sp³-hybridized carbons (Fsp3) is 0.316. The van der Waals surface area contributed by atoms with Crippen LogP contribution >= 0.6 is 11.6 Å². The van der Waals surface area contributed by atoms with Crippen molar-refractivity contribution in [3.8, 4) is 11.5 Å². The summed E-state index contributed by atoms with van der Waals surface area (Å²) in [4.78, 5) is 24.8. The average Bonchev–Trinajstić information content (AvgIpc) is 2.68. The molecule has 0 radical (unpaired) electrons. The number of hydrogen-bond donors (Lipinski definition) is 1. The van der Waals surface area contributed by atoms with Gasteiger partial charge in [0.1, 0.15) is 18.1 Å². The molecule has 1 amide bonds. The second-order valence-electron chi connectivity index (χ2n) is 6.09. The van der Waals surface area contributed by atoms with E-state index in [9.17, 15) is 14.9 Å². The zero-order valence-electron chi connectivity index (χ0n) is 15.8. The van der Waals surface area contributed by atoms with Crippen LogP contribution in [0.4, 0.5) is 11.4 Å². The Hall–Kier alpha value is -2.84. The number of nitrogens with zero attached hydrogens (tertiary/aromatic N) is 2. The minimum atomic E-state index is -0.529. The summed E-state index contributed by atoms with van der Waals surface area (Å²) in [6.45, 7) is 2.63. The summed E-state index contributed by atoms with van der Waals surface area (Å²) < 4.78 is 10.8. The van der Waals surface area contributed by atoms with Crippen molar-refractivity contribution in [1.29, 1.82) is 0 Å². The summed E-state index contributed by atoms with van der Waals surface area (Å²) in [5.74, 6) is 0.726. The summed E-state index contributed by atoms with van der Waals surface area (Å²) in [7, 11) is 3.22. The van der Waals surface area contributed by atoms with E-state index in [0.717, 1.165) is 0 Å². The summed E-state index contributed by atoms with van der Waals surface area (Å²) in [5.41, 5.74) is 0.118. The van der Waals surface area contributed by atoms with Gasteiger partial charge < -0.3 is 14.8 Å². The minimum absolute atomic E-state index is 0.131. The second kappa shape index (κ2) is 9.91. The Labute approximate surface area is 168 Å². The van der Waals surface area contributed by atoms with Crippen LogP contribution < -0.4 is 14.8 Å². The first-order valence-electron chi connectivity index (χ1n) is 8.53. The molecule has 0 aliphatic rings. The number of nitro groups is 1. The highest BCUT2D eigenvalue weighted by Gasteiger charge is 2.20. The Balaban J connectivity index is 1.93. The maximum Gasteiger partial charge on any atom is 0.271 e. The van der Waals surface area contributed by atoms with E-state index < -0.39 is 11.0 Å². The molecule has 0 heterocycles. The van der Waals surface area contributed by atoms with E-state index in [2.05, 4.69) is 5.32 Å². The van der Waals surface area contributed by atoms with Crippen LogP contribution in [-0.2, 0) is 4.79 Å². The van der Waals surface area contributed by atoms with Crippen LogP contribution in [0, 0.1) is 10.1 Å². The predicted octanol–water partition coefficient (Wildman–Crippen LogP) is 3.59. The fourth-order valence-electron chi connectivity index (χ4n) is 2.38. The monoisotopic (exact) mass is 407 g/mol. The number of rotatable bonds is 9. The highest BCUT2D eigenvalue weighted by atomic mass is 35.5. The van der Waals surface area contributed by atoms with E-state index >= 15 is 0 Å². The topological polar surface area (TPSA) is 93.9 Å². The molecule has 1 atom stereocenters. The Kier molecular flexibility index (Phi) is 7.60. The number of halogens is 1. The van der Waals surface area contributed by atoms with Crippen molar-refractivity contribution in [2.45, 2.75) is 13.0 Å². The van der Waals surface area contributed by atoms with Crippen molar-refractivity contribution in [2.75, 3.05) is 32.6 Å². The highest BCUT2D eigenvalue weighted by Crippen LogP contribution is 2.29. The number of carbonyl (C=O) groups is 1. The van der Waals surface area contributed by atoms with Gasteiger partial charge in [0.05, 0.1) is 23.8 Å². The van der Waals surface area contributed by atoms with Gasteiger partial charge in [0.25, 0.3) is 5.69 Å². The van der Waals surface area contributed by atoms with Gasteiger partial charge in [-0.15, -0.1) is 0 Å². The number of amides is 1. The van der Waals surface area contributed by atoms with E-state index in [-0.39, 0.29) is 17.3 Å². The van der Waals surface area contributed by atoms with Gasteiger partial charge >= 0.3 is 0 Å². The van der Waals surface area contributed by atoms with E-state index in [1.165, 1.54) is 25.3 Å². The molecule has 0 aliphatic carbocycles. The van der Waals surface area contributed by atoms with Gasteiger partial charge in [0.15, 0.2) is 0 Å². The number of nitro benzene ring substituents is 1. The first-order valence-corrected chi connectivity index (χ1v) is 8.91. The van der Waals surface area contributed by atoms with E-state index in [0.29, 0.717) is 29.7 Å². The Morgan fingerprint density at radius 2 is 1.96 bits per heavy atom. The Morgan fingerprint density at radius 3 is 2.57 bits per heavy atom. The van der Waals surface area contributed by atoms with E-state index in [1.54, 1.807) is 38.2 Å². The smallest absolute Gasteiger partial charge is 0.271 e. The van der Waals surface area contributed by atoms with E-state index in [1.807, 2.05) is 4.90 Å². The van der Waals surface area contributed by atoms with Crippen LogP contribution in [0.25, 0.3) is 0 Å².